The average molecular weight is 849 g/mol. The Hall–Kier alpha value is -5.97. The normalized spacial score (nSPS) is 20.2. The van der Waals surface area contributed by atoms with Crippen LogP contribution in [0.25, 0.3) is 0 Å². The number of aliphatic hydroxyl groups excluding tert-OH is 1. The second-order valence-electron chi connectivity index (χ2n) is 16.9. The molecule has 0 saturated carbocycles. The number of aryl methyl sites for hydroxylation is 1. The lowest BCUT2D eigenvalue weighted by Gasteiger charge is -2.37. The molecule has 10 heteroatoms. The molecule has 5 aromatic carbocycles. The molecule has 3 aliphatic heterocycles. The Bertz CT molecular complexity index is 2330. The number of nitrogens with zero attached hydrogens (tertiary/aromatic N) is 3. The minimum absolute atomic E-state index is 0.155. The smallest absolute Gasteiger partial charge is 0.255 e. The van der Waals surface area contributed by atoms with E-state index in [1.54, 1.807) is 4.90 Å². The van der Waals surface area contributed by atoms with E-state index in [-0.39, 0.29) is 24.2 Å². The second-order valence-corrected chi connectivity index (χ2v) is 16.9. The summed E-state index contributed by atoms with van der Waals surface area (Å²) in [7, 11) is 0. The number of piperazine rings is 1. The number of rotatable bonds is 14. The average Bonchev–Trinajstić information content (AvgIpc) is 3.65. The number of ether oxygens (including phenoxy) is 2. The lowest BCUT2D eigenvalue weighted by Crippen LogP contribution is -2.52. The molecule has 2 saturated heterocycles. The van der Waals surface area contributed by atoms with Crippen molar-refractivity contribution in [2.24, 2.45) is 0 Å². The fraction of sp³-hybridized carbons (Fsp3) is 0.377. The standard InChI is InChI=1S/C51H54N4O6.C2H6/c56-41(33-53-25-27-54(28-26-53)40-16-21-46-39(30-40)32-55(51(46)59)47-23-24-48(57)52-50(47)58)12-7-29-60-42-17-13-37(14-18-42)49-44(36-10-5-2-6-11-36)20-15-38-31-43(19-22-45(38)49)61-34-35-8-3-1-4-9-35;1-2/h1-6,8-11,13-14,16-19,21-22,30-31,41,44,47,49,56H,7,12,15,20,23-29,32-34H2,(H,52,57,58);1-2H3. The summed E-state index contributed by atoms with van der Waals surface area (Å²) in [6, 6.07) is 41.7. The number of fused-ring (bicyclic) bond motifs is 2. The number of hydrogen-bond donors (Lipinski definition) is 2. The van der Waals surface area contributed by atoms with Gasteiger partial charge in [-0.25, -0.2) is 0 Å². The highest BCUT2D eigenvalue weighted by Crippen LogP contribution is 2.47. The van der Waals surface area contributed by atoms with Gasteiger partial charge in [0.2, 0.25) is 11.8 Å². The number of benzene rings is 5. The van der Waals surface area contributed by atoms with Crippen molar-refractivity contribution in [2.45, 2.75) is 89.5 Å². The predicted octanol–water partition coefficient (Wildman–Crippen LogP) is 8.26. The van der Waals surface area contributed by atoms with Crippen LogP contribution >= 0.6 is 0 Å². The number of piperidine rings is 1. The summed E-state index contributed by atoms with van der Waals surface area (Å²) in [4.78, 5) is 43.4. The van der Waals surface area contributed by atoms with Gasteiger partial charge in [-0.05, 0) is 114 Å². The van der Waals surface area contributed by atoms with E-state index in [1.807, 2.05) is 44.2 Å². The fourth-order valence-electron chi connectivity index (χ4n) is 9.71. The Labute approximate surface area is 371 Å². The lowest BCUT2D eigenvalue weighted by molar-refractivity contribution is -0.136. The number of amides is 3. The molecule has 3 amide bonds. The third-order valence-corrected chi connectivity index (χ3v) is 13.0. The molecule has 0 aromatic heterocycles. The summed E-state index contributed by atoms with van der Waals surface area (Å²) in [5.74, 6) is 1.50. The highest BCUT2D eigenvalue weighted by atomic mass is 16.5. The maximum absolute atomic E-state index is 13.1. The van der Waals surface area contributed by atoms with Crippen molar-refractivity contribution >= 4 is 23.4 Å². The number of imide groups is 1. The largest absolute Gasteiger partial charge is 0.494 e. The highest BCUT2D eigenvalue weighted by molar-refractivity contribution is 6.05. The van der Waals surface area contributed by atoms with Crippen LogP contribution in [0.3, 0.4) is 0 Å². The van der Waals surface area contributed by atoms with Crippen LogP contribution in [-0.4, -0.2) is 84.1 Å². The SMILES string of the molecule is CC.O=C1CCC(N2Cc3cc(N4CCN(CC(O)CCCOc5ccc(C6c7ccc(OCc8ccccc8)cc7CCC6c6ccccc6)cc5)CC4)ccc3C2=O)C(=O)N1. The number of carbonyl (C=O) groups excluding carboxylic acids is 3. The first-order valence-electron chi connectivity index (χ1n) is 22.9. The van der Waals surface area contributed by atoms with Gasteiger partial charge >= 0.3 is 0 Å². The monoisotopic (exact) mass is 848 g/mol. The van der Waals surface area contributed by atoms with E-state index >= 15 is 0 Å². The van der Waals surface area contributed by atoms with Gasteiger partial charge in [-0.1, -0.05) is 92.7 Å². The van der Waals surface area contributed by atoms with Crippen LogP contribution in [0.4, 0.5) is 5.69 Å². The van der Waals surface area contributed by atoms with Crippen LogP contribution < -0.4 is 19.7 Å². The summed E-state index contributed by atoms with van der Waals surface area (Å²) in [6.45, 7) is 9.38. The molecular formula is C53H60N4O6. The van der Waals surface area contributed by atoms with Crippen molar-refractivity contribution in [1.29, 1.82) is 0 Å². The van der Waals surface area contributed by atoms with E-state index in [0.29, 0.717) is 50.6 Å². The van der Waals surface area contributed by atoms with Gasteiger partial charge in [-0.3, -0.25) is 24.6 Å². The summed E-state index contributed by atoms with van der Waals surface area (Å²) >= 11 is 0. The third-order valence-electron chi connectivity index (χ3n) is 13.0. The molecule has 4 unspecified atom stereocenters. The van der Waals surface area contributed by atoms with Crippen LogP contribution in [0.5, 0.6) is 11.5 Å². The van der Waals surface area contributed by atoms with Crippen LogP contribution in [-0.2, 0) is 29.2 Å². The first-order chi connectivity index (χ1) is 30.9. The zero-order valence-electron chi connectivity index (χ0n) is 36.6. The van der Waals surface area contributed by atoms with Gasteiger partial charge in [0.25, 0.3) is 5.91 Å². The van der Waals surface area contributed by atoms with Crippen LogP contribution in [0, 0.1) is 0 Å². The number of hydrogen-bond acceptors (Lipinski definition) is 8. The van der Waals surface area contributed by atoms with E-state index < -0.39 is 18.1 Å². The van der Waals surface area contributed by atoms with Crippen LogP contribution in [0.15, 0.2) is 121 Å². The molecule has 2 N–H and O–H groups in total. The zero-order chi connectivity index (χ0) is 43.7. The van der Waals surface area contributed by atoms with Crippen molar-refractivity contribution < 1.29 is 29.0 Å². The van der Waals surface area contributed by atoms with Gasteiger partial charge in [0.05, 0.1) is 12.7 Å². The van der Waals surface area contributed by atoms with E-state index in [1.165, 1.54) is 22.3 Å². The summed E-state index contributed by atoms with van der Waals surface area (Å²) < 4.78 is 12.4. The van der Waals surface area contributed by atoms with Crippen molar-refractivity contribution in [2.75, 3.05) is 44.2 Å². The molecule has 9 rings (SSSR count). The zero-order valence-corrected chi connectivity index (χ0v) is 36.6. The Balaban J connectivity index is 0.00000268. The molecule has 2 fully saturated rings. The molecule has 4 atom stereocenters. The maximum Gasteiger partial charge on any atom is 0.255 e. The first kappa shape index (κ1) is 43.7. The Kier molecular flexibility index (Phi) is 14.2. The molecule has 1 aliphatic carbocycles. The van der Waals surface area contributed by atoms with E-state index in [4.69, 9.17) is 9.47 Å². The molecule has 0 radical (unpaired) electrons. The molecule has 328 valence electrons. The topological polar surface area (TPSA) is 112 Å². The number of anilines is 1. The van der Waals surface area contributed by atoms with Crippen molar-refractivity contribution in [3.05, 3.63) is 160 Å². The van der Waals surface area contributed by atoms with E-state index in [2.05, 4.69) is 106 Å². The van der Waals surface area contributed by atoms with Gasteiger partial charge in [-0.2, -0.15) is 0 Å². The third kappa shape index (κ3) is 10.3. The van der Waals surface area contributed by atoms with Gasteiger partial charge in [0.1, 0.15) is 24.1 Å². The number of nitrogens with one attached hydrogen (secondary N) is 1. The van der Waals surface area contributed by atoms with Crippen molar-refractivity contribution in [3.63, 3.8) is 0 Å². The van der Waals surface area contributed by atoms with Crippen molar-refractivity contribution in [1.82, 2.24) is 15.1 Å². The molecule has 10 nitrogen and oxygen atoms in total. The fourth-order valence-corrected chi connectivity index (χ4v) is 9.71. The van der Waals surface area contributed by atoms with Crippen LogP contribution in [0.1, 0.15) is 102 Å². The molecule has 3 heterocycles. The Morgan fingerprint density at radius 3 is 2.21 bits per heavy atom. The van der Waals surface area contributed by atoms with E-state index in [0.717, 1.165) is 73.8 Å². The van der Waals surface area contributed by atoms with Gasteiger partial charge in [0.15, 0.2) is 0 Å². The Morgan fingerprint density at radius 2 is 1.46 bits per heavy atom. The minimum Gasteiger partial charge on any atom is -0.494 e. The van der Waals surface area contributed by atoms with Crippen LogP contribution in [0.2, 0.25) is 0 Å². The number of carbonyl (C=O) groups is 3. The first-order valence-corrected chi connectivity index (χ1v) is 22.9. The second kappa shape index (κ2) is 20.5. The molecule has 0 bridgehead atoms. The highest BCUT2D eigenvalue weighted by Gasteiger charge is 2.39. The Morgan fingerprint density at radius 1 is 0.730 bits per heavy atom. The summed E-state index contributed by atoms with van der Waals surface area (Å²) in [5.41, 5.74) is 9.10. The minimum atomic E-state index is -0.615. The number of β-amino-alcohol motifs (C(OH)–C–C–N with tert-alkyl or cyclic N) is 1. The van der Waals surface area contributed by atoms with Crippen molar-refractivity contribution in [3.8, 4) is 11.5 Å². The predicted molar refractivity (Wildman–Crippen MR) is 246 cm³/mol. The maximum atomic E-state index is 13.1. The molecular weight excluding hydrogens is 789 g/mol. The van der Waals surface area contributed by atoms with Gasteiger partial charge in [0, 0.05) is 62.9 Å². The van der Waals surface area contributed by atoms with Gasteiger partial charge in [-0.15, -0.1) is 0 Å². The summed E-state index contributed by atoms with van der Waals surface area (Å²) in [6.07, 6.45) is 3.65. The van der Waals surface area contributed by atoms with E-state index in [9.17, 15) is 19.5 Å². The molecule has 63 heavy (non-hydrogen) atoms. The summed E-state index contributed by atoms with van der Waals surface area (Å²) in [5, 5.41) is 13.3. The number of aliphatic hydroxyl groups is 1. The quantitative estimate of drug-likeness (QED) is 0.0850. The molecule has 5 aromatic rings. The lowest BCUT2D eigenvalue weighted by atomic mass is 9.69. The van der Waals surface area contributed by atoms with Gasteiger partial charge < -0.3 is 24.4 Å². The molecule has 0 spiro atoms. The molecule has 4 aliphatic rings.